The highest BCUT2D eigenvalue weighted by Crippen LogP contribution is 2.16. The average Bonchev–Trinajstić information content (AvgIpc) is 3.11. The molecule has 0 unspecified atom stereocenters. The summed E-state index contributed by atoms with van der Waals surface area (Å²) in [5, 5.41) is 6.33. The molecule has 1 aliphatic rings. The summed E-state index contributed by atoms with van der Waals surface area (Å²) >= 11 is 6.04. The van der Waals surface area contributed by atoms with E-state index in [0.29, 0.717) is 24.7 Å². The van der Waals surface area contributed by atoms with Crippen LogP contribution in [0, 0.1) is 5.82 Å². The Bertz CT molecular complexity index is 848. The van der Waals surface area contributed by atoms with E-state index in [1.807, 2.05) is 6.07 Å². The molecule has 2 aromatic rings. The molecule has 2 amide bonds. The van der Waals surface area contributed by atoms with Crippen molar-refractivity contribution in [3.63, 3.8) is 0 Å². The maximum atomic E-state index is 13.2. The molecule has 1 fully saturated rings. The van der Waals surface area contributed by atoms with E-state index in [4.69, 9.17) is 11.6 Å². The lowest BCUT2D eigenvalue weighted by Crippen LogP contribution is -2.41. The topological polar surface area (TPSA) is 74.3 Å². The highest BCUT2D eigenvalue weighted by molar-refractivity contribution is 6.30. The predicted octanol–water partition coefficient (Wildman–Crippen LogP) is 1.99. The van der Waals surface area contributed by atoms with Crippen molar-refractivity contribution in [3.8, 4) is 0 Å². The molecule has 1 saturated heterocycles. The average molecular weight is 391 g/mol. The lowest BCUT2D eigenvalue weighted by Gasteiger charge is -2.21. The number of amides is 2. The molecule has 6 nitrogen and oxygen atoms in total. The minimum Gasteiger partial charge on any atom is -0.348 e. The van der Waals surface area contributed by atoms with Gasteiger partial charge in [-0.1, -0.05) is 23.7 Å². The molecule has 27 heavy (non-hydrogen) atoms. The number of halogens is 2. The van der Waals surface area contributed by atoms with Gasteiger partial charge in [0.05, 0.1) is 6.04 Å². The monoisotopic (exact) mass is 390 g/mol. The maximum Gasteiger partial charge on any atom is 0.251 e. The quantitative estimate of drug-likeness (QED) is 0.766. The van der Waals surface area contributed by atoms with Crippen LogP contribution < -0.4 is 10.6 Å². The molecular formula is C19H20ClFN4O2. The number of benzene rings is 1. The number of nitrogens with zero attached hydrogens (tertiary/aromatic N) is 2. The van der Waals surface area contributed by atoms with Crippen molar-refractivity contribution in [2.45, 2.75) is 25.0 Å². The molecule has 142 valence electrons. The Kier molecular flexibility index (Phi) is 6.03. The van der Waals surface area contributed by atoms with Gasteiger partial charge in [-0.3, -0.25) is 9.59 Å². The van der Waals surface area contributed by atoms with Crippen LogP contribution in [0.5, 0.6) is 0 Å². The van der Waals surface area contributed by atoms with Crippen LogP contribution in [0.15, 0.2) is 42.6 Å². The fraction of sp³-hybridized carbons (Fsp3) is 0.316. The first-order chi connectivity index (χ1) is 12.9. The van der Waals surface area contributed by atoms with E-state index in [1.54, 1.807) is 30.3 Å². The third-order valence-corrected chi connectivity index (χ3v) is 4.81. The van der Waals surface area contributed by atoms with Gasteiger partial charge in [0.25, 0.3) is 5.91 Å². The van der Waals surface area contributed by atoms with Gasteiger partial charge in [-0.05, 0) is 30.7 Å². The van der Waals surface area contributed by atoms with Gasteiger partial charge in [0.15, 0.2) is 0 Å². The summed E-state index contributed by atoms with van der Waals surface area (Å²) in [5.41, 5.74) is 1.03. The largest absolute Gasteiger partial charge is 0.348 e. The van der Waals surface area contributed by atoms with E-state index in [0.717, 1.165) is 5.56 Å². The normalized spacial score (nSPS) is 18.9. The Labute approximate surface area is 161 Å². The minimum atomic E-state index is -0.462. The van der Waals surface area contributed by atoms with Gasteiger partial charge < -0.3 is 15.5 Å². The van der Waals surface area contributed by atoms with Crippen LogP contribution in [0.2, 0.25) is 5.15 Å². The van der Waals surface area contributed by atoms with Gasteiger partial charge in [0.1, 0.15) is 11.0 Å². The number of carbonyl (C=O) groups is 2. The first-order valence-electron chi connectivity index (χ1n) is 8.58. The molecule has 8 heteroatoms. The second-order valence-corrected chi connectivity index (χ2v) is 6.88. The zero-order valence-corrected chi connectivity index (χ0v) is 15.5. The van der Waals surface area contributed by atoms with Crippen molar-refractivity contribution in [2.75, 3.05) is 13.6 Å². The van der Waals surface area contributed by atoms with E-state index in [1.165, 1.54) is 18.2 Å². The molecule has 1 aromatic carbocycles. The number of nitrogens with one attached hydrogen (secondary N) is 2. The standard InChI is InChI=1S/C19H20ClFN4O2/c1-25(11-13-5-3-7-22-17(13)20)19(27)16-9-15(10-23-16)24-18(26)12-4-2-6-14(21)8-12/h2-8,15-16,23H,9-11H2,1H3,(H,24,26)/t15-,16+/m1/s1. The van der Waals surface area contributed by atoms with Gasteiger partial charge in [0.2, 0.25) is 5.91 Å². The maximum absolute atomic E-state index is 13.2. The van der Waals surface area contributed by atoms with Crippen LogP contribution in [-0.4, -0.2) is 47.4 Å². The Morgan fingerprint density at radius 2 is 2.19 bits per heavy atom. The van der Waals surface area contributed by atoms with Crippen molar-refractivity contribution >= 4 is 23.4 Å². The zero-order valence-electron chi connectivity index (χ0n) is 14.8. The highest BCUT2D eigenvalue weighted by Gasteiger charge is 2.32. The van der Waals surface area contributed by atoms with Crippen LogP contribution in [0.25, 0.3) is 0 Å². The molecule has 0 spiro atoms. The second kappa shape index (κ2) is 8.45. The fourth-order valence-electron chi connectivity index (χ4n) is 3.07. The first-order valence-corrected chi connectivity index (χ1v) is 8.96. The third-order valence-electron chi connectivity index (χ3n) is 4.47. The van der Waals surface area contributed by atoms with Crippen LogP contribution in [0.4, 0.5) is 4.39 Å². The summed E-state index contributed by atoms with van der Waals surface area (Å²) in [7, 11) is 1.70. The van der Waals surface area contributed by atoms with Gasteiger partial charge in [-0.25, -0.2) is 9.37 Å². The van der Waals surface area contributed by atoms with E-state index in [2.05, 4.69) is 15.6 Å². The third kappa shape index (κ3) is 4.81. The molecule has 2 heterocycles. The molecular weight excluding hydrogens is 371 g/mol. The molecule has 0 bridgehead atoms. The fourth-order valence-corrected chi connectivity index (χ4v) is 3.25. The van der Waals surface area contributed by atoms with Crippen molar-refractivity contribution < 1.29 is 14.0 Å². The highest BCUT2D eigenvalue weighted by atomic mass is 35.5. The minimum absolute atomic E-state index is 0.0857. The number of hydrogen-bond donors (Lipinski definition) is 2. The van der Waals surface area contributed by atoms with Crippen LogP contribution in [0.1, 0.15) is 22.3 Å². The number of hydrogen-bond acceptors (Lipinski definition) is 4. The number of carbonyl (C=O) groups excluding carboxylic acids is 2. The Morgan fingerprint density at radius 3 is 2.93 bits per heavy atom. The number of aromatic nitrogens is 1. The molecule has 2 N–H and O–H groups in total. The van der Waals surface area contributed by atoms with E-state index in [-0.39, 0.29) is 23.4 Å². The Morgan fingerprint density at radius 1 is 1.37 bits per heavy atom. The summed E-state index contributed by atoms with van der Waals surface area (Å²) in [5.74, 6) is -0.904. The second-order valence-electron chi connectivity index (χ2n) is 6.52. The van der Waals surface area contributed by atoms with Gasteiger partial charge in [-0.2, -0.15) is 0 Å². The molecule has 1 aliphatic heterocycles. The van der Waals surface area contributed by atoms with Crippen molar-refractivity contribution in [1.29, 1.82) is 0 Å². The smallest absolute Gasteiger partial charge is 0.251 e. The van der Waals surface area contributed by atoms with Crippen molar-refractivity contribution in [3.05, 3.63) is 64.7 Å². The van der Waals surface area contributed by atoms with E-state index < -0.39 is 11.9 Å². The Balaban J connectivity index is 1.54. The predicted molar refractivity (Wildman–Crippen MR) is 99.8 cm³/mol. The molecule has 1 aromatic heterocycles. The van der Waals surface area contributed by atoms with Crippen LogP contribution in [-0.2, 0) is 11.3 Å². The first kappa shape index (κ1) is 19.3. The lowest BCUT2D eigenvalue weighted by molar-refractivity contribution is -0.132. The van der Waals surface area contributed by atoms with Gasteiger partial charge >= 0.3 is 0 Å². The molecule has 3 rings (SSSR count). The summed E-state index contributed by atoms with van der Waals surface area (Å²) in [6.07, 6.45) is 2.06. The van der Waals surface area contributed by atoms with Crippen LogP contribution >= 0.6 is 11.6 Å². The zero-order chi connectivity index (χ0) is 19.4. The number of pyridine rings is 1. The summed E-state index contributed by atoms with van der Waals surface area (Å²) < 4.78 is 13.2. The Hall–Kier alpha value is -2.51. The number of rotatable bonds is 5. The van der Waals surface area contributed by atoms with Crippen molar-refractivity contribution in [1.82, 2.24) is 20.5 Å². The summed E-state index contributed by atoms with van der Waals surface area (Å²) in [6.45, 7) is 0.822. The molecule has 2 atom stereocenters. The van der Waals surface area contributed by atoms with Gasteiger partial charge in [0, 0.05) is 43.5 Å². The number of likely N-dealkylation sites (N-methyl/N-ethyl adjacent to an activating group) is 1. The lowest BCUT2D eigenvalue weighted by atomic mass is 10.1. The molecule has 0 aliphatic carbocycles. The molecule has 0 saturated carbocycles. The van der Waals surface area contributed by atoms with Crippen LogP contribution in [0.3, 0.4) is 0 Å². The SMILES string of the molecule is CN(Cc1cccnc1Cl)C(=O)[C@@H]1C[C@@H](NC(=O)c2cccc(F)c2)CN1. The summed E-state index contributed by atoms with van der Waals surface area (Å²) in [6, 6.07) is 8.50. The summed E-state index contributed by atoms with van der Waals surface area (Å²) in [4.78, 5) is 30.5. The van der Waals surface area contributed by atoms with E-state index >= 15 is 0 Å². The van der Waals surface area contributed by atoms with Gasteiger partial charge in [-0.15, -0.1) is 0 Å². The van der Waals surface area contributed by atoms with E-state index in [9.17, 15) is 14.0 Å². The van der Waals surface area contributed by atoms with Crippen molar-refractivity contribution in [2.24, 2.45) is 0 Å². The molecule has 0 radical (unpaired) electrons.